The van der Waals surface area contributed by atoms with E-state index in [1.807, 2.05) is 51.2 Å². The summed E-state index contributed by atoms with van der Waals surface area (Å²) in [7, 11) is -1.38. The highest BCUT2D eigenvalue weighted by atomic mass is 28.3. The minimum atomic E-state index is -1.38. The van der Waals surface area contributed by atoms with E-state index in [0.717, 1.165) is 16.5 Å². The molecule has 1 heterocycles. The van der Waals surface area contributed by atoms with Crippen molar-refractivity contribution in [2.24, 2.45) is 0 Å². The fraction of sp³-hybridized carbons (Fsp3) is 0.421. The molecule has 3 nitrogen and oxygen atoms in total. The average Bonchev–Trinajstić information content (AvgIpc) is 2.75. The van der Waals surface area contributed by atoms with E-state index in [-0.39, 0.29) is 6.09 Å². The number of para-hydroxylation sites is 1. The van der Waals surface area contributed by atoms with Crippen LogP contribution in [0.1, 0.15) is 26.3 Å². The normalized spacial score (nSPS) is 11.9. The Kier molecular flexibility index (Phi) is 4.72. The molecule has 0 aliphatic carbocycles. The van der Waals surface area contributed by atoms with Crippen molar-refractivity contribution >= 4 is 25.1 Å². The molecule has 2 aromatic rings. The van der Waals surface area contributed by atoms with Gasteiger partial charge in [0, 0.05) is 18.0 Å². The van der Waals surface area contributed by atoms with Crippen LogP contribution in [0.25, 0.3) is 10.9 Å². The number of ether oxygens (including phenoxy) is 1. The minimum absolute atomic E-state index is 0.349. The lowest BCUT2D eigenvalue weighted by atomic mass is 10.1. The summed E-state index contributed by atoms with van der Waals surface area (Å²) >= 11 is 0. The molecule has 0 unspecified atom stereocenters. The molecule has 0 aliphatic heterocycles. The van der Waals surface area contributed by atoms with Gasteiger partial charge in [0.2, 0.25) is 0 Å². The first-order valence-corrected chi connectivity index (χ1v) is 11.4. The summed E-state index contributed by atoms with van der Waals surface area (Å²) in [6.45, 7) is 12.3. The maximum Gasteiger partial charge on any atom is 0.419 e. The summed E-state index contributed by atoms with van der Waals surface area (Å²) in [6.07, 6.45) is 2.16. The Morgan fingerprint density at radius 3 is 2.48 bits per heavy atom. The molecule has 122 valence electrons. The zero-order valence-corrected chi connectivity index (χ0v) is 15.9. The molecule has 0 aliphatic rings. The smallest absolute Gasteiger partial charge is 0.419 e. The second-order valence-corrected chi connectivity index (χ2v) is 12.5. The number of nitrogens with zero attached hydrogens (tertiary/aromatic N) is 1. The summed E-state index contributed by atoms with van der Waals surface area (Å²) in [4.78, 5) is 12.4. The van der Waals surface area contributed by atoms with Gasteiger partial charge in [0.15, 0.2) is 0 Å². The monoisotopic (exact) mass is 327 g/mol. The molecular formula is C19H25NO2Si. The van der Waals surface area contributed by atoms with Crippen LogP contribution in [0.4, 0.5) is 4.79 Å². The molecule has 0 N–H and O–H groups in total. The van der Waals surface area contributed by atoms with Crippen molar-refractivity contribution in [2.45, 2.75) is 52.4 Å². The number of rotatable bonds is 1. The van der Waals surface area contributed by atoms with Gasteiger partial charge in [0.25, 0.3) is 0 Å². The van der Waals surface area contributed by atoms with Gasteiger partial charge in [-0.2, -0.15) is 0 Å². The molecular weight excluding hydrogens is 302 g/mol. The number of benzene rings is 1. The van der Waals surface area contributed by atoms with E-state index in [0.29, 0.717) is 6.42 Å². The second-order valence-electron chi connectivity index (χ2n) is 7.75. The third kappa shape index (κ3) is 4.74. The predicted octanol–water partition coefficient (Wildman–Crippen LogP) is 4.85. The van der Waals surface area contributed by atoms with Gasteiger partial charge in [0.1, 0.15) is 13.7 Å². The Balaban J connectivity index is 2.40. The van der Waals surface area contributed by atoms with Crippen LogP contribution < -0.4 is 0 Å². The van der Waals surface area contributed by atoms with Crippen LogP contribution in [0.5, 0.6) is 0 Å². The Bertz CT molecular complexity index is 780. The number of aromatic nitrogens is 1. The number of carbonyl (C=O) groups is 1. The third-order valence-corrected chi connectivity index (χ3v) is 4.05. The third-order valence-electron chi connectivity index (χ3n) is 3.13. The van der Waals surface area contributed by atoms with E-state index in [2.05, 4.69) is 31.1 Å². The largest absolute Gasteiger partial charge is 0.443 e. The quantitative estimate of drug-likeness (QED) is 0.554. The van der Waals surface area contributed by atoms with Gasteiger partial charge in [-0.15, -0.1) is 11.5 Å². The maximum atomic E-state index is 12.4. The predicted molar refractivity (Wildman–Crippen MR) is 98.4 cm³/mol. The van der Waals surface area contributed by atoms with Crippen molar-refractivity contribution in [1.82, 2.24) is 4.57 Å². The molecule has 0 bridgehead atoms. The first-order valence-electron chi connectivity index (χ1n) is 7.89. The van der Waals surface area contributed by atoms with Gasteiger partial charge < -0.3 is 4.74 Å². The van der Waals surface area contributed by atoms with Crippen LogP contribution >= 0.6 is 0 Å². The van der Waals surface area contributed by atoms with Crippen LogP contribution in [0, 0.1) is 11.5 Å². The van der Waals surface area contributed by atoms with Crippen molar-refractivity contribution in [2.75, 3.05) is 0 Å². The molecule has 0 saturated carbocycles. The fourth-order valence-corrected chi connectivity index (χ4v) is 2.88. The molecule has 1 aromatic heterocycles. The highest BCUT2D eigenvalue weighted by Gasteiger charge is 2.20. The van der Waals surface area contributed by atoms with Gasteiger partial charge in [0.05, 0.1) is 5.52 Å². The summed E-state index contributed by atoms with van der Waals surface area (Å²) in [5, 5.41) is 1.06. The molecule has 0 atom stereocenters. The summed E-state index contributed by atoms with van der Waals surface area (Å²) < 4.78 is 7.09. The van der Waals surface area contributed by atoms with Gasteiger partial charge in [-0.25, -0.2) is 4.79 Å². The van der Waals surface area contributed by atoms with E-state index in [1.165, 1.54) is 0 Å². The van der Waals surface area contributed by atoms with Crippen molar-refractivity contribution in [1.29, 1.82) is 0 Å². The highest BCUT2D eigenvalue weighted by molar-refractivity contribution is 6.83. The van der Waals surface area contributed by atoms with Crippen LogP contribution in [0.15, 0.2) is 30.5 Å². The van der Waals surface area contributed by atoms with Crippen LogP contribution in [-0.2, 0) is 11.2 Å². The summed E-state index contributed by atoms with van der Waals surface area (Å²) in [5.41, 5.74) is 4.80. The molecule has 0 amide bonds. The first kappa shape index (κ1) is 17.4. The summed E-state index contributed by atoms with van der Waals surface area (Å²) in [6, 6.07) is 7.88. The van der Waals surface area contributed by atoms with E-state index in [4.69, 9.17) is 4.74 Å². The SMILES string of the molecule is CC(C)(C)OC(=O)n1cc(CC#C[Si](C)(C)C)c2ccccc21. The van der Waals surface area contributed by atoms with Gasteiger partial charge in [-0.1, -0.05) is 37.8 Å². The van der Waals surface area contributed by atoms with E-state index >= 15 is 0 Å². The fourth-order valence-electron chi connectivity index (χ4n) is 2.26. The van der Waals surface area contributed by atoms with Crippen molar-refractivity contribution < 1.29 is 9.53 Å². The molecule has 4 heteroatoms. The van der Waals surface area contributed by atoms with Gasteiger partial charge in [-0.3, -0.25) is 4.57 Å². The lowest BCUT2D eigenvalue weighted by Crippen LogP contribution is -2.26. The molecule has 0 fully saturated rings. The molecule has 23 heavy (non-hydrogen) atoms. The summed E-state index contributed by atoms with van der Waals surface area (Å²) in [5.74, 6) is 3.28. The Morgan fingerprint density at radius 2 is 1.87 bits per heavy atom. The van der Waals surface area contributed by atoms with Crippen molar-refractivity contribution in [3.63, 3.8) is 0 Å². The van der Waals surface area contributed by atoms with Gasteiger partial charge in [-0.05, 0) is 32.4 Å². The number of fused-ring (bicyclic) bond motifs is 1. The second kappa shape index (κ2) is 6.25. The Morgan fingerprint density at radius 1 is 1.22 bits per heavy atom. The van der Waals surface area contributed by atoms with Crippen LogP contribution in [-0.4, -0.2) is 24.3 Å². The maximum absolute atomic E-state index is 12.4. The number of hydrogen-bond donors (Lipinski definition) is 0. The lowest BCUT2D eigenvalue weighted by Gasteiger charge is -2.19. The van der Waals surface area contributed by atoms with E-state index < -0.39 is 13.7 Å². The molecule has 2 rings (SSSR count). The van der Waals surface area contributed by atoms with E-state index in [1.54, 1.807) is 4.57 Å². The zero-order chi connectivity index (χ0) is 17.3. The average molecular weight is 328 g/mol. The van der Waals surface area contributed by atoms with Crippen molar-refractivity contribution in [3.05, 3.63) is 36.0 Å². The first-order chi connectivity index (χ1) is 10.6. The Labute approximate surface area is 139 Å². The van der Waals surface area contributed by atoms with E-state index in [9.17, 15) is 4.79 Å². The van der Waals surface area contributed by atoms with Crippen molar-refractivity contribution in [3.8, 4) is 11.5 Å². The zero-order valence-electron chi connectivity index (χ0n) is 14.9. The van der Waals surface area contributed by atoms with Gasteiger partial charge >= 0.3 is 6.09 Å². The molecule has 0 radical (unpaired) electrons. The minimum Gasteiger partial charge on any atom is -0.443 e. The Hall–Kier alpha value is -1.99. The number of carbonyl (C=O) groups excluding carboxylic acids is 1. The lowest BCUT2D eigenvalue weighted by molar-refractivity contribution is 0.0544. The molecule has 0 spiro atoms. The number of hydrogen-bond acceptors (Lipinski definition) is 2. The standard InChI is InChI=1S/C19H25NO2Si/c1-19(2,3)22-18(21)20-14-15(10-9-13-23(4,5)6)16-11-7-8-12-17(16)20/h7-8,11-12,14H,10H2,1-6H3. The van der Waals surface area contributed by atoms with Crippen LogP contribution in [0.2, 0.25) is 19.6 Å². The molecule has 1 aromatic carbocycles. The molecule has 0 saturated heterocycles. The van der Waals surface area contributed by atoms with Crippen LogP contribution in [0.3, 0.4) is 0 Å². The highest BCUT2D eigenvalue weighted by Crippen LogP contribution is 2.23. The topological polar surface area (TPSA) is 31.2 Å².